The van der Waals surface area contributed by atoms with Gasteiger partial charge in [0.15, 0.2) is 5.82 Å². The van der Waals surface area contributed by atoms with Crippen LogP contribution in [0.3, 0.4) is 0 Å². The van der Waals surface area contributed by atoms with Gasteiger partial charge in [-0.2, -0.15) is 5.10 Å². The number of hydrogen-bond acceptors (Lipinski definition) is 8. The number of alkyl halides is 1. The Hall–Kier alpha value is -3.71. The molecule has 0 saturated heterocycles. The summed E-state index contributed by atoms with van der Waals surface area (Å²) in [4.78, 5) is 39.2. The molecule has 43 heavy (non-hydrogen) atoms. The number of hydrazone groups is 1. The van der Waals surface area contributed by atoms with Gasteiger partial charge in [0, 0.05) is 21.9 Å². The summed E-state index contributed by atoms with van der Waals surface area (Å²) in [6.45, 7) is 0. The second-order valence-electron chi connectivity index (χ2n) is 9.55. The van der Waals surface area contributed by atoms with Crippen molar-refractivity contribution < 1.29 is 14.4 Å². The maximum atomic E-state index is 13.2. The molecule has 1 aliphatic carbocycles. The molecule has 10 nitrogen and oxygen atoms in total. The van der Waals surface area contributed by atoms with E-state index >= 15 is 0 Å². The number of nitrogens with one attached hydrogen (secondary N) is 3. The van der Waals surface area contributed by atoms with E-state index in [0.717, 1.165) is 53.6 Å². The molecule has 14 heteroatoms. The van der Waals surface area contributed by atoms with Gasteiger partial charge < -0.3 is 5.32 Å². The van der Waals surface area contributed by atoms with Crippen molar-refractivity contribution in [1.29, 1.82) is 0 Å². The van der Waals surface area contributed by atoms with Crippen LogP contribution < -0.4 is 16.2 Å². The summed E-state index contributed by atoms with van der Waals surface area (Å²) in [6.07, 6.45) is 5.80. The number of fused-ring (bicyclic) bond motifs is 1. The zero-order chi connectivity index (χ0) is 30.2. The fraction of sp³-hybridized carbons (Fsp3) is 0.241. The van der Waals surface area contributed by atoms with Crippen molar-refractivity contribution in [2.24, 2.45) is 5.10 Å². The van der Waals surface area contributed by atoms with Gasteiger partial charge in [0.2, 0.25) is 11.1 Å². The zero-order valence-electron chi connectivity index (χ0n) is 22.8. The molecular weight excluding hydrogens is 629 g/mol. The van der Waals surface area contributed by atoms with E-state index in [1.807, 2.05) is 30.3 Å². The molecule has 0 saturated carbocycles. The third-order valence-electron chi connectivity index (χ3n) is 6.54. The molecule has 222 valence electrons. The van der Waals surface area contributed by atoms with Crippen LogP contribution in [0.4, 0.5) is 5.00 Å². The number of thioether (sulfide) groups is 1. The van der Waals surface area contributed by atoms with Gasteiger partial charge >= 0.3 is 0 Å². The Morgan fingerprint density at radius 2 is 1.79 bits per heavy atom. The van der Waals surface area contributed by atoms with Crippen LogP contribution in [0.5, 0.6) is 0 Å². The summed E-state index contributed by atoms with van der Waals surface area (Å²) in [5, 5.41) is 17.1. The number of amides is 3. The Morgan fingerprint density at radius 1 is 1.02 bits per heavy atom. The number of aryl methyl sites for hydroxylation is 1. The number of aromatic nitrogens is 3. The third kappa shape index (κ3) is 8.02. The maximum Gasteiger partial charge on any atom is 0.270 e. The average Bonchev–Trinajstić information content (AvgIpc) is 3.56. The lowest BCUT2D eigenvalue weighted by molar-refractivity contribution is -0.118. The SMILES string of the molecule is O=C(CSc1nnc(Cc2c(NC(=O)CCl)sc3c2CCCC3)n1NC(=O)c1ccc(Cl)cc1)N/N=C/c1ccccc1. The van der Waals surface area contributed by atoms with Gasteiger partial charge in [-0.15, -0.1) is 33.1 Å². The minimum Gasteiger partial charge on any atom is -0.316 e. The Kier molecular flexibility index (Phi) is 10.5. The van der Waals surface area contributed by atoms with Crippen molar-refractivity contribution in [2.45, 2.75) is 37.3 Å². The number of halogens is 2. The van der Waals surface area contributed by atoms with Crippen molar-refractivity contribution >= 4 is 75.2 Å². The second-order valence-corrected chi connectivity index (χ2v) is 12.3. The molecule has 2 heterocycles. The number of rotatable bonds is 11. The smallest absolute Gasteiger partial charge is 0.270 e. The zero-order valence-corrected chi connectivity index (χ0v) is 26.0. The first-order valence-corrected chi connectivity index (χ1v) is 16.1. The lowest BCUT2D eigenvalue weighted by Crippen LogP contribution is -2.26. The molecule has 0 atom stereocenters. The lowest BCUT2D eigenvalue weighted by Gasteiger charge is -2.15. The van der Waals surface area contributed by atoms with Crippen LogP contribution in [-0.4, -0.2) is 50.4 Å². The van der Waals surface area contributed by atoms with Gasteiger partial charge in [-0.05, 0) is 66.6 Å². The van der Waals surface area contributed by atoms with Gasteiger partial charge in [-0.1, -0.05) is 53.7 Å². The first kappa shape index (κ1) is 30.7. The number of thiophene rings is 1. The molecule has 0 spiro atoms. The predicted molar refractivity (Wildman–Crippen MR) is 171 cm³/mol. The minimum atomic E-state index is -0.403. The van der Waals surface area contributed by atoms with Crippen LogP contribution in [0.1, 0.15) is 50.6 Å². The predicted octanol–water partition coefficient (Wildman–Crippen LogP) is 5.27. The molecule has 0 radical (unpaired) electrons. The highest BCUT2D eigenvalue weighted by molar-refractivity contribution is 7.99. The molecule has 4 aromatic rings. The van der Waals surface area contributed by atoms with Crippen molar-refractivity contribution in [3.05, 3.63) is 92.6 Å². The molecule has 3 amide bonds. The fourth-order valence-electron chi connectivity index (χ4n) is 4.51. The van der Waals surface area contributed by atoms with Crippen molar-refractivity contribution in [3.63, 3.8) is 0 Å². The van der Waals surface area contributed by atoms with E-state index in [2.05, 4.69) is 31.5 Å². The van der Waals surface area contributed by atoms with E-state index in [4.69, 9.17) is 23.2 Å². The summed E-state index contributed by atoms with van der Waals surface area (Å²) in [7, 11) is 0. The molecule has 5 rings (SSSR count). The molecule has 3 N–H and O–H groups in total. The number of nitrogens with zero attached hydrogens (tertiary/aromatic N) is 4. The van der Waals surface area contributed by atoms with Crippen LogP contribution >= 0.6 is 46.3 Å². The van der Waals surface area contributed by atoms with Gasteiger partial charge in [-0.3, -0.25) is 19.8 Å². The first-order valence-electron chi connectivity index (χ1n) is 13.4. The summed E-state index contributed by atoms with van der Waals surface area (Å²) >= 11 is 14.4. The average molecular weight is 657 g/mol. The van der Waals surface area contributed by atoms with Crippen molar-refractivity contribution in [2.75, 3.05) is 22.4 Å². The molecule has 0 unspecified atom stereocenters. The highest BCUT2D eigenvalue weighted by Crippen LogP contribution is 2.39. The lowest BCUT2D eigenvalue weighted by atomic mass is 9.94. The van der Waals surface area contributed by atoms with Crippen LogP contribution in [0.25, 0.3) is 0 Å². The largest absolute Gasteiger partial charge is 0.316 e. The van der Waals surface area contributed by atoms with Crippen LogP contribution in [0.15, 0.2) is 64.9 Å². The monoisotopic (exact) mass is 655 g/mol. The van der Waals surface area contributed by atoms with Crippen LogP contribution in [0, 0.1) is 0 Å². The summed E-state index contributed by atoms with van der Waals surface area (Å²) in [6, 6.07) is 15.9. The quantitative estimate of drug-likeness (QED) is 0.0874. The summed E-state index contributed by atoms with van der Waals surface area (Å²) < 4.78 is 1.49. The normalized spacial score (nSPS) is 12.6. The molecule has 0 fully saturated rings. The van der Waals surface area contributed by atoms with Gasteiger partial charge in [-0.25, -0.2) is 10.1 Å². The highest BCUT2D eigenvalue weighted by atomic mass is 35.5. The van der Waals surface area contributed by atoms with Crippen molar-refractivity contribution in [3.8, 4) is 0 Å². The molecule has 2 aromatic carbocycles. The number of anilines is 1. The Morgan fingerprint density at radius 3 is 2.56 bits per heavy atom. The molecule has 0 aliphatic heterocycles. The number of carbonyl (C=O) groups is 3. The van der Waals surface area contributed by atoms with E-state index in [1.54, 1.807) is 41.8 Å². The number of benzene rings is 2. The third-order valence-corrected chi connectivity index (χ3v) is 9.22. The Bertz CT molecular complexity index is 1640. The molecule has 1 aliphatic rings. The minimum absolute atomic E-state index is 0.0219. The molecule has 0 bridgehead atoms. The van der Waals surface area contributed by atoms with E-state index < -0.39 is 5.91 Å². The molecular formula is C29H27Cl2N7O3S2. The Labute approximate surface area is 266 Å². The summed E-state index contributed by atoms with van der Waals surface area (Å²) in [5.41, 5.74) is 8.72. The Balaban J connectivity index is 1.38. The van der Waals surface area contributed by atoms with Gasteiger partial charge in [0.1, 0.15) is 5.88 Å². The van der Waals surface area contributed by atoms with E-state index in [1.165, 1.54) is 15.1 Å². The second kappa shape index (κ2) is 14.6. The number of carbonyl (C=O) groups excluding carboxylic acids is 3. The van der Waals surface area contributed by atoms with Gasteiger partial charge in [0.05, 0.1) is 17.0 Å². The van der Waals surface area contributed by atoms with Crippen LogP contribution in [-0.2, 0) is 28.9 Å². The van der Waals surface area contributed by atoms with E-state index in [9.17, 15) is 14.4 Å². The topological polar surface area (TPSA) is 130 Å². The standard InChI is InChI=1S/C29H27Cl2N7O3S2/c30-15-25(39)33-28-22(21-8-4-5-9-23(21)43-28)14-24-34-36-29(38(24)37-27(41)19-10-12-20(31)13-11-19)42-17-26(40)35-32-16-18-6-2-1-3-7-18/h1-3,6-7,10-13,16H,4-5,8-9,14-15,17H2,(H,33,39)(H,35,40)(H,37,41)/b32-16+. The van der Waals surface area contributed by atoms with Gasteiger partial charge in [0.25, 0.3) is 11.8 Å². The van der Waals surface area contributed by atoms with Crippen LogP contribution in [0.2, 0.25) is 5.02 Å². The fourth-order valence-corrected chi connectivity index (χ4v) is 6.73. The summed E-state index contributed by atoms with van der Waals surface area (Å²) in [5.74, 6) is -0.787. The van der Waals surface area contributed by atoms with Crippen molar-refractivity contribution in [1.82, 2.24) is 20.3 Å². The highest BCUT2D eigenvalue weighted by Gasteiger charge is 2.25. The van der Waals surface area contributed by atoms with E-state index in [-0.39, 0.29) is 23.4 Å². The molecule has 2 aromatic heterocycles. The maximum absolute atomic E-state index is 13.2. The first-order chi connectivity index (χ1) is 20.9. The van der Waals surface area contributed by atoms with E-state index in [0.29, 0.717) is 28.0 Å². The number of hydrogen-bond donors (Lipinski definition) is 3.